The molecule has 2 unspecified atom stereocenters. The molecule has 0 spiro atoms. The van der Waals surface area contributed by atoms with E-state index >= 15 is 4.79 Å². The fourth-order valence-corrected chi connectivity index (χ4v) is 8.48. The quantitative estimate of drug-likeness (QED) is 0.0895. The van der Waals surface area contributed by atoms with Gasteiger partial charge in [-0.15, -0.1) is 11.3 Å². The predicted octanol–water partition coefficient (Wildman–Crippen LogP) is 5.19. The van der Waals surface area contributed by atoms with E-state index in [2.05, 4.69) is 20.6 Å². The number of rotatable bonds is 16. The van der Waals surface area contributed by atoms with E-state index in [-0.39, 0.29) is 30.9 Å². The largest absolute Gasteiger partial charge is 0.390 e. The van der Waals surface area contributed by atoms with Gasteiger partial charge >= 0.3 is 0 Å². The molecule has 57 heavy (non-hydrogen) atoms. The summed E-state index contributed by atoms with van der Waals surface area (Å²) in [4.78, 5) is 67.5. The molecule has 2 heterocycles. The van der Waals surface area contributed by atoms with Gasteiger partial charge in [-0.05, 0) is 58.9 Å². The lowest BCUT2D eigenvalue weighted by molar-refractivity contribution is -0.154. The first-order chi connectivity index (χ1) is 27.6. The number of fused-ring (bicyclic) bond motifs is 1. The van der Waals surface area contributed by atoms with Crippen LogP contribution in [0.25, 0.3) is 10.8 Å². The van der Waals surface area contributed by atoms with Crippen LogP contribution >= 0.6 is 11.3 Å². The number of imide groups is 1. The van der Waals surface area contributed by atoms with Crippen molar-refractivity contribution in [2.24, 2.45) is 17.4 Å². The molecule has 0 aliphatic heterocycles. The van der Waals surface area contributed by atoms with Crippen LogP contribution in [-0.4, -0.2) is 67.8 Å². The molecule has 5 atom stereocenters. The molecule has 6 rings (SSSR count). The number of carbonyl (C=O) groups is 4. The molecule has 7 N–H and O–H groups in total. The molecule has 2 aromatic heterocycles. The van der Waals surface area contributed by atoms with Gasteiger partial charge in [0.1, 0.15) is 6.04 Å². The van der Waals surface area contributed by atoms with Crippen molar-refractivity contribution in [3.8, 4) is 0 Å². The van der Waals surface area contributed by atoms with Gasteiger partial charge in [-0.25, -0.2) is 4.98 Å². The summed E-state index contributed by atoms with van der Waals surface area (Å²) in [5.74, 6) is -3.33. The van der Waals surface area contributed by atoms with Crippen molar-refractivity contribution in [1.29, 1.82) is 0 Å². The van der Waals surface area contributed by atoms with Crippen LogP contribution in [0.1, 0.15) is 90.5 Å². The van der Waals surface area contributed by atoms with Crippen molar-refractivity contribution in [3.05, 3.63) is 130 Å². The first-order valence-electron chi connectivity index (χ1n) is 19.6. The minimum absolute atomic E-state index is 0.0764. The zero-order valence-corrected chi connectivity index (χ0v) is 32.9. The van der Waals surface area contributed by atoms with Gasteiger partial charge in [0.15, 0.2) is 0 Å². The maximum atomic E-state index is 15.6. The molecule has 13 heteroatoms. The summed E-state index contributed by atoms with van der Waals surface area (Å²) in [6, 6.07) is 20.5. The van der Waals surface area contributed by atoms with E-state index in [0.29, 0.717) is 17.8 Å². The molecule has 4 amide bonds. The van der Waals surface area contributed by atoms with Crippen molar-refractivity contribution < 1.29 is 24.3 Å². The van der Waals surface area contributed by atoms with E-state index in [1.165, 1.54) is 24.5 Å². The van der Waals surface area contributed by atoms with Crippen molar-refractivity contribution >= 4 is 45.7 Å². The molecule has 0 saturated heterocycles. The number of hydrogen-bond acceptors (Lipinski definition) is 10. The van der Waals surface area contributed by atoms with Crippen LogP contribution in [0, 0.1) is 5.92 Å². The SMILES string of the molecule is C[C@H](N)C(=O)N(C(=O)C(NC(=O)c1cccnc1)C(c1cscn1)c1cccc2ccccc12)[C@@H](CC1CCCCC1)[C@@H](O)CC(=O)NCc1cccc(CN)c1. The molecule has 3 aromatic carbocycles. The number of nitrogens with one attached hydrogen (secondary N) is 2. The van der Waals surface area contributed by atoms with Crippen molar-refractivity contribution in [1.82, 2.24) is 25.5 Å². The summed E-state index contributed by atoms with van der Waals surface area (Å²) in [5.41, 5.74) is 17.0. The van der Waals surface area contributed by atoms with Gasteiger partial charge in [0, 0.05) is 30.9 Å². The van der Waals surface area contributed by atoms with Crippen LogP contribution in [0.3, 0.4) is 0 Å². The van der Waals surface area contributed by atoms with Gasteiger partial charge in [-0.3, -0.25) is 29.1 Å². The van der Waals surface area contributed by atoms with Crippen LogP contribution in [-0.2, 0) is 27.5 Å². The molecule has 0 radical (unpaired) electrons. The van der Waals surface area contributed by atoms with Crippen LogP contribution in [0.15, 0.2) is 102 Å². The Balaban J connectivity index is 1.43. The molecular formula is C44H51N7O5S. The Morgan fingerprint density at radius 1 is 0.947 bits per heavy atom. The normalized spacial score (nSPS) is 15.9. The number of benzene rings is 3. The highest BCUT2D eigenvalue weighted by molar-refractivity contribution is 7.07. The van der Waals surface area contributed by atoms with Crippen molar-refractivity contribution in [2.75, 3.05) is 0 Å². The maximum absolute atomic E-state index is 15.6. The Hall–Kier alpha value is -5.34. The van der Waals surface area contributed by atoms with E-state index in [9.17, 15) is 19.5 Å². The smallest absolute Gasteiger partial charge is 0.253 e. The third kappa shape index (κ3) is 10.3. The van der Waals surface area contributed by atoms with Gasteiger partial charge in [0.25, 0.3) is 11.8 Å². The van der Waals surface area contributed by atoms with E-state index in [1.807, 2.05) is 72.1 Å². The van der Waals surface area contributed by atoms with Gasteiger partial charge in [-0.1, -0.05) is 98.8 Å². The average molecular weight is 790 g/mol. The molecule has 1 aliphatic carbocycles. The number of nitrogens with two attached hydrogens (primary N) is 2. The Bertz CT molecular complexity index is 2120. The highest BCUT2D eigenvalue weighted by Gasteiger charge is 2.45. The minimum Gasteiger partial charge on any atom is -0.390 e. The van der Waals surface area contributed by atoms with Crippen LogP contribution in [0.2, 0.25) is 0 Å². The third-order valence-electron chi connectivity index (χ3n) is 10.8. The predicted molar refractivity (Wildman–Crippen MR) is 221 cm³/mol. The molecule has 12 nitrogen and oxygen atoms in total. The molecule has 5 aromatic rings. The maximum Gasteiger partial charge on any atom is 0.253 e. The number of carbonyl (C=O) groups excluding carboxylic acids is 4. The summed E-state index contributed by atoms with van der Waals surface area (Å²) < 4.78 is 0. The second-order valence-corrected chi connectivity index (χ2v) is 15.6. The number of amides is 4. The first kappa shape index (κ1) is 41.3. The Labute approximate surface area is 337 Å². The summed E-state index contributed by atoms with van der Waals surface area (Å²) in [5, 5.41) is 21.5. The number of aliphatic hydroxyl groups is 1. The second-order valence-electron chi connectivity index (χ2n) is 14.9. The lowest BCUT2D eigenvalue weighted by Gasteiger charge is -2.40. The molecule has 1 aliphatic rings. The van der Waals surface area contributed by atoms with E-state index in [1.54, 1.807) is 23.8 Å². The number of aliphatic hydroxyl groups excluding tert-OH is 1. The lowest BCUT2D eigenvalue weighted by Crippen LogP contribution is -2.61. The fraction of sp³-hybridized carbons (Fsp3) is 0.364. The topological polar surface area (TPSA) is 194 Å². The second kappa shape index (κ2) is 19.7. The molecule has 1 saturated carbocycles. The molecule has 1 fully saturated rings. The fourth-order valence-electron chi connectivity index (χ4n) is 7.89. The standard InChI is InChI=1S/C44H51N7O5S/c1-28(46)43(55)51(37(21-29-10-3-2-4-11-29)38(52)22-39(53)48-24-31-13-7-12-30(20-31)23-45)44(56)41(50-42(54)33-16-9-19-47-25-33)40(36-26-57-27-49-36)35-18-8-15-32-14-5-6-17-34(32)35/h5-9,12-20,25-29,37-38,40-41,52H,2-4,10-11,21-24,45-46H2,1H3,(H,48,53)(H,50,54)/t28-,37-,38-,40?,41?/m0/s1. The van der Waals surface area contributed by atoms with Crippen LogP contribution in [0.4, 0.5) is 0 Å². The van der Waals surface area contributed by atoms with Crippen LogP contribution < -0.4 is 22.1 Å². The third-order valence-corrected chi connectivity index (χ3v) is 11.4. The number of thiazole rings is 1. The zero-order chi connectivity index (χ0) is 40.3. The Morgan fingerprint density at radius 3 is 2.42 bits per heavy atom. The van der Waals surface area contributed by atoms with Crippen molar-refractivity contribution in [3.63, 3.8) is 0 Å². The number of nitrogens with zero attached hydrogens (tertiary/aromatic N) is 3. The lowest BCUT2D eigenvalue weighted by atomic mass is 9.81. The highest BCUT2D eigenvalue weighted by atomic mass is 32.1. The van der Waals surface area contributed by atoms with E-state index < -0.39 is 53.8 Å². The molecular weight excluding hydrogens is 739 g/mol. The zero-order valence-electron chi connectivity index (χ0n) is 32.1. The van der Waals surface area contributed by atoms with Gasteiger partial charge in [0.05, 0.1) is 47.3 Å². The van der Waals surface area contributed by atoms with Gasteiger partial charge in [-0.2, -0.15) is 0 Å². The van der Waals surface area contributed by atoms with Gasteiger partial charge < -0.3 is 27.2 Å². The summed E-state index contributed by atoms with van der Waals surface area (Å²) in [7, 11) is 0. The summed E-state index contributed by atoms with van der Waals surface area (Å²) in [6.07, 6.45) is 6.09. The van der Waals surface area contributed by atoms with E-state index in [0.717, 1.165) is 58.9 Å². The first-order valence-corrected chi connectivity index (χ1v) is 20.5. The average Bonchev–Trinajstić information content (AvgIpc) is 3.77. The summed E-state index contributed by atoms with van der Waals surface area (Å²) >= 11 is 1.34. The number of pyridine rings is 1. The minimum atomic E-state index is -1.45. The molecule has 298 valence electrons. The van der Waals surface area contributed by atoms with Gasteiger partial charge in [0.2, 0.25) is 11.8 Å². The Kier molecular flexibility index (Phi) is 14.3. The monoisotopic (exact) mass is 789 g/mol. The number of hydrogen-bond donors (Lipinski definition) is 5. The van der Waals surface area contributed by atoms with Crippen molar-refractivity contribution in [2.45, 2.75) is 95.1 Å². The summed E-state index contributed by atoms with van der Waals surface area (Å²) in [6.45, 7) is 2.05. The highest BCUT2D eigenvalue weighted by Crippen LogP contribution is 2.36. The number of aromatic nitrogens is 2. The van der Waals surface area contributed by atoms with E-state index in [4.69, 9.17) is 11.5 Å². The van der Waals surface area contributed by atoms with Crippen LogP contribution in [0.5, 0.6) is 0 Å². The Morgan fingerprint density at radius 2 is 1.70 bits per heavy atom. The molecule has 0 bridgehead atoms.